The molecule has 2 aliphatic heterocycles. The molecule has 0 aromatic rings. The van der Waals surface area contributed by atoms with Crippen molar-refractivity contribution in [1.82, 2.24) is 0 Å². The first-order valence-corrected chi connectivity index (χ1v) is 28.8. The summed E-state index contributed by atoms with van der Waals surface area (Å²) in [5.41, 5.74) is 0. The lowest BCUT2D eigenvalue weighted by Crippen LogP contribution is -2.61. The van der Waals surface area contributed by atoms with E-state index < -0.39 is 92.7 Å². The van der Waals surface area contributed by atoms with Gasteiger partial charge >= 0.3 is 11.9 Å². The van der Waals surface area contributed by atoms with Crippen molar-refractivity contribution in [1.29, 1.82) is 0 Å². The van der Waals surface area contributed by atoms with Crippen LogP contribution in [0.25, 0.3) is 0 Å². The van der Waals surface area contributed by atoms with Gasteiger partial charge in [0, 0.05) is 12.8 Å². The average molecular weight is 1020 g/mol. The predicted octanol–water partition coefficient (Wildman–Crippen LogP) is 9.33. The first kappa shape index (κ1) is 65.4. The number of aliphatic hydroxyl groups excluding tert-OH is 7. The molecule has 0 aromatic heterocycles. The van der Waals surface area contributed by atoms with Crippen molar-refractivity contribution in [2.75, 3.05) is 26.4 Å². The average Bonchev–Trinajstić information content (AvgIpc) is 3.36. The van der Waals surface area contributed by atoms with Crippen molar-refractivity contribution in [3.8, 4) is 0 Å². The van der Waals surface area contributed by atoms with Crippen LogP contribution in [-0.2, 0) is 38.0 Å². The molecule has 2 fully saturated rings. The van der Waals surface area contributed by atoms with Gasteiger partial charge in [-0.25, -0.2) is 0 Å². The van der Waals surface area contributed by atoms with Gasteiger partial charge < -0.3 is 64.2 Å². The first-order valence-electron chi connectivity index (χ1n) is 28.8. The molecule has 2 aliphatic rings. The summed E-state index contributed by atoms with van der Waals surface area (Å²) in [5, 5.41) is 72.2. The number of esters is 2. The summed E-state index contributed by atoms with van der Waals surface area (Å²) in [4.78, 5) is 25.8. The Morgan fingerprint density at radius 1 is 0.437 bits per heavy atom. The van der Waals surface area contributed by atoms with Gasteiger partial charge in [-0.2, -0.15) is 0 Å². The van der Waals surface area contributed by atoms with Crippen LogP contribution in [0.15, 0.2) is 12.2 Å². The van der Waals surface area contributed by atoms with E-state index in [1.54, 1.807) is 0 Å². The molecular formula is C56H104O15. The van der Waals surface area contributed by atoms with Crippen LogP contribution >= 0.6 is 0 Å². The number of unbranched alkanes of at least 4 members (excludes halogenated alkanes) is 30. The minimum absolute atomic E-state index is 0.168. The highest BCUT2D eigenvalue weighted by molar-refractivity contribution is 5.70. The van der Waals surface area contributed by atoms with Gasteiger partial charge in [0.25, 0.3) is 0 Å². The van der Waals surface area contributed by atoms with Crippen molar-refractivity contribution in [3.05, 3.63) is 12.2 Å². The molecule has 0 bridgehead atoms. The molecule has 15 nitrogen and oxygen atoms in total. The molecule has 0 saturated carbocycles. The summed E-state index contributed by atoms with van der Waals surface area (Å²) in [6, 6.07) is 0. The zero-order chi connectivity index (χ0) is 51.7. The molecule has 15 heteroatoms. The molecule has 0 amide bonds. The summed E-state index contributed by atoms with van der Waals surface area (Å²) < 4.78 is 33.7. The van der Waals surface area contributed by atoms with E-state index in [-0.39, 0.29) is 26.1 Å². The number of hydrogen-bond acceptors (Lipinski definition) is 15. The number of rotatable bonds is 46. The topological polar surface area (TPSA) is 231 Å². The maximum absolute atomic E-state index is 13.1. The van der Waals surface area contributed by atoms with E-state index in [1.807, 2.05) is 0 Å². The zero-order valence-electron chi connectivity index (χ0n) is 44.5. The van der Waals surface area contributed by atoms with Crippen LogP contribution < -0.4 is 0 Å². The van der Waals surface area contributed by atoms with Crippen molar-refractivity contribution < 1.29 is 73.8 Å². The Balaban J connectivity index is 1.75. The van der Waals surface area contributed by atoms with Crippen molar-refractivity contribution in [3.63, 3.8) is 0 Å². The van der Waals surface area contributed by atoms with Gasteiger partial charge in [-0.15, -0.1) is 0 Å². The van der Waals surface area contributed by atoms with Crippen LogP contribution in [0.4, 0.5) is 0 Å². The Hall–Kier alpha value is -1.76. The molecule has 418 valence electrons. The number of allylic oxidation sites excluding steroid dienone is 2. The van der Waals surface area contributed by atoms with Crippen LogP contribution in [-0.4, -0.2) is 142 Å². The lowest BCUT2D eigenvalue weighted by molar-refractivity contribution is -0.332. The third-order valence-electron chi connectivity index (χ3n) is 14.0. The van der Waals surface area contributed by atoms with Gasteiger partial charge in [-0.1, -0.05) is 199 Å². The largest absolute Gasteiger partial charge is 0.462 e. The number of carbonyl (C=O) groups excluding carboxylic acids is 2. The highest BCUT2D eigenvalue weighted by Crippen LogP contribution is 2.27. The van der Waals surface area contributed by atoms with Crippen LogP contribution in [0.2, 0.25) is 0 Å². The second-order valence-corrected chi connectivity index (χ2v) is 20.5. The van der Waals surface area contributed by atoms with Gasteiger partial charge in [0.15, 0.2) is 18.7 Å². The fourth-order valence-corrected chi connectivity index (χ4v) is 9.27. The minimum Gasteiger partial charge on any atom is -0.462 e. The Morgan fingerprint density at radius 3 is 1.24 bits per heavy atom. The molecule has 2 heterocycles. The van der Waals surface area contributed by atoms with Crippen molar-refractivity contribution in [2.24, 2.45) is 0 Å². The van der Waals surface area contributed by atoms with E-state index in [9.17, 15) is 45.3 Å². The van der Waals surface area contributed by atoms with E-state index in [0.29, 0.717) is 12.8 Å². The fourth-order valence-electron chi connectivity index (χ4n) is 9.27. The van der Waals surface area contributed by atoms with E-state index in [1.165, 1.54) is 161 Å². The van der Waals surface area contributed by atoms with Gasteiger partial charge in [0.05, 0.1) is 19.8 Å². The molecule has 11 atom stereocenters. The van der Waals surface area contributed by atoms with Crippen molar-refractivity contribution in [2.45, 2.75) is 306 Å². The summed E-state index contributed by atoms with van der Waals surface area (Å²) in [5.74, 6) is -0.913. The standard InChI is InChI=1S/C56H104O15/c1-3-5-7-9-11-13-15-17-19-20-21-22-23-24-25-27-29-31-33-35-37-39-48(59)69-44(41-66-47(58)38-36-34-32-30-28-26-18-16-14-12-10-8-6-4-2)42-67-55-54(65)52(63)50(61)46(71-55)43-68-56-53(64)51(62)49(60)45(40-57)70-56/h20-21,44-46,49-57,60-65H,3-19,22-43H2,1-2H3/b21-20-. The molecule has 11 unspecified atom stereocenters. The Kier molecular flexibility index (Phi) is 40.0. The fraction of sp³-hybridized carbons (Fsp3) is 0.929. The molecular weight excluding hydrogens is 913 g/mol. The SMILES string of the molecule is CCCCCCCCCC/C=C\CCCCCCCCCCCC(=O)OC(COC(=O)CCCCCCCCCCCCCCCC)COC1OC(COC2OC(CO)C(O)C(O)C2O)C(O)C(O)C1O. The number of carbonyl (C=O) groups is 2. The van der Waals surface area contributed by atoms with Gasteiger partial charge in [0.1, 0.15) is 55.4 Å². The monoisotopic (exact) mass is 1020 g/mol. The lowest BCUT2D eigenvalue weighted by atomic mass is 9.98. The second kappa shape index (κ2) is 43.5. The predicted molar refractivity (Wildman–Crippen MR) is 275 cm³/mol. The third kappa shape index (κ3) is 31.0. The first-order chi connectivity index (χ1) is 34.5. The summed E-state index contributed by atoms with van der Waals surface area (Å²) >= 11 is 0. The summed E-state index contributed by atoms with van der Waals surface area (Å²) in [6.45, 7) is 2.63. The lowest BCUT2D eigenvalue weighted by Gasteiger charge is -2.42. The van der Waals surface area contributed by atoms with E-state index >= 15 is 0 Å². The molecule has 0 aliphatic carbocycles. The van der Waals surface area contributed by atoms with E-state index in [4.69, 9.17) is 28.4 Å². The van der Waals surface area contributed by atoms with Gasteiger partial charge in [-0.05, 0) is 38.5 Å². The summed E-state index contributed by atoms with van der Waals surface area (Å²) in [7, 11) is 0. The van der Waals surface area contributed by atoms with E-state index in [0.717, 1.165) is 38.5 Å². The second-order valence-electron chi connectivity index (χ2n) is 20.5. The molecule has 7 N–H and O–H groups in total. The number of ether oxygens (including phenoxy) is 6. The highest BCUT2D eigenvalue weighted by Gasteiger charge is 2.47. The summed E-state index contributed by atoms with van der Waals surface area (Å²) in [6.07, 6.45) is 28.0. The molecule has 71 heavy (non-hydrogen) atoms. The molecule has 0 spiro atoms. The molecule has 0 aromatic carbocycles. The smallest absolute Gasteiger partial charge is 0.306 e. The maximum Gasteiger partial charge on any atom is 0.306 e. The highest BCUT2D eigenvalue weighted by atomic mass is 16.7. The maximum atomic E-state index is 13.1. The zero-order valence-corrected chi connectivity index (χ0v) is 44.5. The van der Waals surface area contributed by atoms with Gasteiger partial charge in [0.2, 0.25) is 0 Å². The number of hydrogen-bond donors (Lipinski definition) is 7. The quantitative estimate of drug-likeness (QED) is 0.0171. The minimum atomic E-state index is -1.76. The van der Waals surface area contributed by atoms with Gasteiger partial charge in [-0.3, -0.25) is 9.59 Å². The Bertz CT molecular complexity index is 1290. The van der Waals surface area contributed by atoms with Crippen LogP contribution in [0.5, 0.6) is 0 Å². The van der Waals surface area contributed by atoms with Crippen LogP contribution in [0, 0.1) is 0 Å². The molecule has 2 rings (SSSR count). The van der Waals surface area contributed by atoms with Crippen molar-refractivity contribution >= 4 is 11.9 Å². The van der Waals surface area contributed by atoms with E-state index in [2.05, 4.69) is 26.0 Å². The molecule has 0 radical (unpaired) electrons. The Morgan fingerprint density at radius 2 is 0.803 bits per heavy atom. The molecule has 2 saturated heterocycles. The number of aliphatic hydroxyl groups is 7. The normalized spacial score (nSPS) is 25.2. The van der Waals surface area contributed by atoms with Crippen LogP contribution in [0.1, 0.15) is 239 Å². The third-order valence-corrected chi connectivity index (χ3v) is 14.0. The Labute approximate surface area is 429 Å². The van der Waals surface area contributed by atoms with Crippen LogP contribution in [0.3, 0.4) is 0 Å².